The zero-order chi connectivity index (χ0) is 30.2. The van der Waals surface area contributed by atoms with Gasteiger partial charge in [0.1, 0.15) is 11.6 Å². The molecule has 0 saturated heterocycles. The Morgan fingerprint density at radius 1 is 0.810 bits per heavy atom. The van der Waals surface area contributed by atoms with Crippen LogP contribution in [0.3, 0.4) is 0 Å². The van der Waals surface area contributed by atoms with Crippen molar-refractivity contribution in [3.8, 4) is 0 Å². The van der Waals surface area contributed by atoms with Crippen LogP contribution in [0.4, 0.5) is 17.3 Å². The predicted octanol–water partition coefficient (Wildman–Crippen LogP) is 10.4. The van der Waals surface area contributed by atoms with Gasteiger partial charge in [-0.3, -0.25) is 14.9 Å². The average Bonchev–Trinajstić information content (AvgIpc) is 2.92. The minimum Gasteiger partial charge on any atom is -0.297 e. The molecule has 0 aliphatic heterocycles. The summed E-state index contributed by atoms with van der Waals surface area (Å²) in [5, 5.41) is 0. The first-order valence-corrected chi connectivity index (χ1v) is 14.1. The van der Waals surface area contributed by atoms with Gasteiger partial charge >= 0.3 is 21.1 Å². The Hall–Kier alpha value is -3.55. The van der Waals surface area contributed by atoms with Gasteiger partial charge in [-0.25, -0.2) is 0 Å². The van der Waals surface area contributed by atoms with Crippen molar-refractivity contribution in [1.29, 1.82) is 0 Å². The SMILES string of the molecule is C=C[C-]=C(/C=C\C)c1cccc(N(c2cc(C(C)(C)C)cc(C(C)(C)C)c2)c2cccc(/C([C-]=CC)=C/C=C)n2)n1.[Pt+2]. The number of hydrogen-bond donors (Lipinski definition) is 0. The average molecular weight is 737 g/mol. The van der Waals surface area contributed by atoms with E-state index in [1.807, 2.05) is 74.5 Å². The van der Waals surface area contributed by atoms with E-state index in [0.29, 0.717) is 0 Å². The normalized spacial score (nSPS) is 12.9. The molecule has 3 rings (SSSR count). The fourth-order valence-electron chi connectivity index (χ4n) is 4.35. The number of rotatable bonds is 9. The minimum atomic E-state index is -0.0479. The number of benzene rings is 1. The molecule has 2 aromatic heterocycles. The zero-order valence-electron chi connectivity index (χ0n) is 26.2. The van der Waals surface area contributed by atoms with Gasteiger partial charge in [0.15, 0.2) is 0 Å². The molecule has 2 heterocycles. The standard InChI is InChI=1S/C38H43N3.Pt/c1-11-17-28(18-12-2)33-21-15-23-35(39-33)41(36-24-16-22-34(40-36)29(19-13-3)20-14-4)32-26-30(37(5,6)7)25-31(27-32)38(8,9)10;/h11-17,20-27H,1,3H2,2,4-10H3;/q-2;+2/b20-14-,28-17+;. The van der Waals surface area contributed by atoms with E-state index in [-0.39, 0.29) is 31.9 Å². The first-order chi connectivity index (χ1) is 19.4. The van der Waals surface area contributed by atoms with Gasteiger partial charge in [0, 0.05) is 5.69 Å². The number of pyridine rings is 2. The Labute approximate surface area is 268 Å². The Balaban J connectivity index is 0.00000616. The summed E-state index contributed by atoms with van der Waals surface area (Å²) in [7, 11) is 0. The quantitative estimate of drug-likeness (QED) is 0.162. The summed E-state index contributed by atoms with van der Waals surface area (Å²) in [5.74, 6) is 1.52. The molecule has 3 nitrogen and oxygen atoms in total. The maximum Gasteiger partial charge on any atom is 2.00 e. The summed E-state index contributed by atoms with van der Waals surface area (Å²) in [6.07, 6.45) is 17.7. The van der Waals surface area contributed by atoms with Crippen LogP contribution in [-0.4, -0.2) is 9.97 Å². The Bertz CT molecular complexity index is 1400. The van der Waals surface area contributed by atoms with Crippen LogP contribution < -0.4 is 4.90 Å². The Kier molecular flexibility index (Phi) is 12.4. The molecule has 0 saturated carbocycles. The number of nitrogens with zero attached hydrogens (tertiary/aromatic N) is 3. The molecule has 1 aromatic carbocycles. The monoisotopic (exact) mass is 736 g/mol. The molecule has 3 aromatic rings. The molecule has 0 aliphatic carbocycles. The van der Waals surface area contributed by atoms with Crippen LogP contribution >= 0.6 is 0 Å². The van der Waals surface area contributed by atoms with E-state index in [2.05, 4.69) is 90.0 Å². The van der Waals surface area contributed by atoms with Gasteiger partial charge in [0.25, 0.3) is 0 Å². The van der Waals surface area contributed by atoms with Crippen molar-refractivity contribution >= 4 is 28.5 Å². The van der Waals surface area contributed by atoms with Crippen molar-refractivity contribution in [3.63, 3.8) is 0 Å². The maximum absolute atomic E-state index is 5.13. The van der Waals surface area contributed by atoms with E-state index in [4.69, 9.17) is 9.97 Å². The molecular formula is C38H43N3Pt. The summed E-state index contributed by atoms with van der Waals surface area (Å²) in [6, 6.07) is 18.9. The van der Waals surface area contributed by atoms with Gasteiger partial charge in [-0.1, -0.05) is 85.7 Å². The molecule has 0 fully saturated rings. The van der Waals surface area contributed by atoms with Crippen molar-refractivity contribution in [2.24, 2.45) is 0 Å². The molecule has 42 heavy (non-hydrogen) atoms. The molecule has 0 spiro atoms. The van der Waals surface area contributed by atoms with Gasteiger partial charge in [0.2, 0.25) is 0 Å². The first kappa shape index (κ1) is 34.6. The Morgan fingerprint density at radius 2 is 1.36 bits per heavy atom. The number of aromatic nitrogens is 2. The topological polar surface area (TPSA) is 29.0 Å². The first-order valence-electron chi connectivity index (χ1n) is 14.1. The molecule has 0 aliphatic rings. The van der Waals surface area contributed by atoms with Crippen molar-refractivity contribution in [1.82, 2.24) is 9.97 Å². The van der Waals surface area contributed by atoms with Crippen molar-refractivity contribution in [2.45, 2.75) is 66.2 Å². The summed E-state index contributed by atoms with van der Waals surface area (Å²) < 4.78 is 0. The second kappa shape index (κ2) is 15.1. The van der Waals surface area contributed by atoms with Gasteiger partial charge in [0.05, 0.1) is 0 Å². The van der Waals surface area contributed by atoms with E-state index < -0.39 is 0 Å². The molecule has 220 valence electrons. The van der Waals surface area contributed by atoms with Crippen LogP contribution in [0.15, 0.2) is 104 Å². The number of hydrogen-bond acceptors (Lipinski definition) is 3. The fraction of sp³-hybridized carbons (Fsp3) is 0.263. The van der Waals surface area contributed by atoms with E-state index in [9.17, 15) is 0 Å². The zero-order valence-corrected chi connectivity index (χ0v) is 28.5. The maximum atomic E-state index is 5.13. The largest absolute Gasteiger partial charge is 2.00 e. The fourth-order valence-corrected chi connectivity index (χ4v) is 4.35. The second-order valence-electron chi connectivity index (χ2n) is 11.9. The molecule has 0 unspecified atom stereocenters. The van der Waals surface area contributed by atoms with E-state index in [1.54, 1.807) is 12.2 Å². The van der Waals surface area contributed by atoms with Crippen LogP contribution in [0.25, 0.3) is 11.1 Å². The van der Waals surface area contributed by atoms with Crippen molar-refractivity contribution < 1.29 is 21.1 Å². The molecule has 4 heteroatoms. The van der Waals surface area contributed by atoms with Crippen LogP contribution in [0.1, 0.15) is 77.9 Å². The van der Waals surface area contributed by atoms with Crippen LogP contribution in [0.5, 0.6) is 0 Å². The van der Waals surface area contributed by atoms with E-state index >= 15 is 0 Å². The van der Waals surface area contributed by atoms with Crippen LogP contribution in [0.2, 0.25) is 0 Å². The summed E-state index contributed by atoms with van der Waals surface area (Å²) in [4.78, 5) is 12.4. The minimum absolute atomic E-state index is 0. The molecule has 0 radical (unpaired) electrons. The third-order valence-electron chi connectivity index (χ3n) is 6.56. The van der Waals surface area contributed by atoms with E-state index in [0.717, 1.165) is 39.9 Å². The molecular weight excluding hydrogens is 694 g/mol. The third kappa shape index (κ3) is 8.73. The number of allylic oxidation sites excluding steroid dienone is 10. The molecule has 0 bridgehead atoms. The van der Waals surface area contributed by atoms with E-state index in [1.165, 1.54) is 11.1 Å². The van der Waals surface area contributed by atoms with Crippen LogP contribution in [0, 0.1) is 12.2 Å². The van der Waals surface area contributed by atoms with Gasteiger partial charge in [-0.15, -0.1) is 42.5 Å². The Morgan fingerprint density at radius 3 is 1.83 bits per heavy atom. The van der Waals surface area contributed by atoms with Crippen molar-refractivity contribution in [3.05, 3.63) is 139 Å². The van der Waals surface area contributed by atoms with Gasteiger partial charge < -0.3 is 0 Å². The van der Waals surface area contributed by atoms with Crippen molar-refractivity contribution in [2.75, 3.05) is 4.90 Å². The predicted molar refractivity (Wildman–Crippen MR) is 177 cm³/mol. The number of anilines is 3. The summed E-state index contributed by atoms with van der Waals surface area (Å²) in [6.45, 7) is 25.2. The molecule has 0 atom stereocenters. The van der Waals surface area contributed by atoms with Gasteiger partial charge in [-0.05, 0) is 57.6 Å². The second-order valence-corrected chi connectivity index (χ2v) is 11.9. The third-order valence-corrected chi connectivity index (χ3v) is 6.56. The smallest absolute Gasteiger partial charge is 0.297 e. The summed E-state index contributed by atoms with van der Waals surface area (Å²) in [5.41, 5.74) is 6.75. The molecule has 0 amide bonds. The summed E-state index contributed by atoms with van der Waals surface area (Å²) >= 11 is 0. The van der Waals surface area contributed by atoms with Gasteiger partial charge in [-0.2, -0.15) is 30.4 Å². The van der Waals surface area contributed by atoms with Crippen LogP contribution in [-0.2, 0) is 31.9 Å². The molecule has 0 N–H and O–H groups in total.